The molecule has 1 aliphatic rings. The van der Waals surface area contributed by atoms with Gasteiger partial charge in [0.05, 0.1) is 16.5 Å². The number of nitrogens with zero attached hydrogens (tertiary/aromatic N) is 3. The molecule has 0 radical (unpaired) electrons. The van der Waals surface area contributed by atoms with Crippen LogP contribution in [0.4, 0.5) is 5.69 Å². The maximum Gasteiger partial charge on any atom is 0.244 e. The van der Waals surface area contributed by atoms with Crippen LogP contribution in [0.5, 0.6) is 0 Å². The lowest BCUT2D eigenvalue weighted by Crippen LogP contribution is -2.54. The van der Waals surface area contributed by atoms with Crippen molar-refractivity contribution in [1.82, 2.24) is 9.21 Å². The number of carbonyl (C=O) groups excluding carboxylic acids is 1. The summed E-state index contributed by atoms with van der Waals surface area (Å²) >= 11 is 0. The van der Waals surface area contributed by atoms with Crippen molar-refractivity contribution in [3.8, 4) is 6.07 Å². The van der Waals surface area contributed by atoms with Crippen LogP contribution in [0.15, 0.2) is 59.5 Å². The summed E-state index contributed by atoms with van der Waals surface area (Å²) in [5.74, 6) is -0.127. The second-order valence-electron chi connectivity index (χ2n) is 6.58. The number of nitriles is 1. The summed E-state index contributed by atoms with van der Waals surface area (Å²) in [5, 5.41) is 12.1. The van der Waals surface area contributed by atoms with E-state index in [1.165, 1.54) is 16.4 Å². The molecule has 1 aliphatic heterocycles. The van der Waals surface area contributed by atoms with Crippen molar-refractivity contribution in [2.45, 2.75) is 17.9 Å². The average Bonchev–Trinajstić information content (AvgIpc) is 2.74. The van der Waals surface area contributed by atoms with Gasteiger partial charge < -0.3 is 5.32 Å². The largest absolute Gasteiger partial charge is 0.325 e. The molecule has 0 saturated carbocycles. The molecule has 2 aromatic rings. The van der Waals surface area contributed by atoms with Crippen molar-refractivity contribution in [2.75, 3.05) is 31.5 Å². The van der Waals surface area contributed by atoms with Crippen molar-refractivity contribution < 1.29 is 13.2 Å². The molecule has 1 heterocycles. The first-order valence-corrected chi connectivity index (χ1v) is 10.5. The van der Waals surface area contributed by atoms with E-state index in [4.69, 9.17) is 0 Å². The van der Waals surface area contributed by atoms with Crippen LogP contribution in [-0.4, -0.2) is 55.8 Å². The molecular weight excluding hydrogens is 376 g/mol. The summed E-state index contributed by atoms with van der Waals surface area (Å²) in [6.45, 7) is 3.23. The Labute approximate surface area is 165 Å². The first-order valence-electron chi connectivity index (χ1n) is 9.02. The van der Waals surface area contributed by atoms with Crippen molar-refractivity contribution in [1.29, 1.82) is 5.26 Å². The van der Waals surface area contributed by atoms with Gasteiger partial charge in [0.2, 0.25) is 15.9 Å². The Morgan fingerprint density at radius 3 is 2.29 bits per heavy atom. The predicted molar refractivity (Wildman–Crippen MR) is 106 cm³/mol. The third kappa shape index (κ3) is 4.22. The van der Waals surface area contributed by atoms with Crippen LogP contribution in [0.25, 0.3) is 0 Å². The summed E-state index contributed by atoms with van der Waals surface area (Å²) < 4.78 is 27.2. The van der Waals surface area contributed by atoms with Crippen LogP contribution >= 0.6 is 0 Å². The molecule has 1 N–H and O–H groups in total. The predicted octanol–water partition coefficient (Wildman–Crippen LogP) is 1.89. The van der Waals surface area contributed by atoms with E-state index in [1.807, 2.05) is 48.2 Å². The van der Waals surface area contributed by atoms with E-state index in [2.05, 4.69) is 5.32 Å². The number of hydrogen-bond acceptors (Lipinski definition) is 5. The number of para-hydroxylation sites is 1. The number of nitrogens with one attached hydrogen (secondary N) is 1. The highest BCUT2D eigenvalue weighted by molar-refractivity contribution is 7.89. The molecule has 7 nitrogen and oxygen atoms in total. The second kappa shape index (κ2) is 8.52. The number of benzene rings is 2. The lowest BCUT2D eigenvalue weighted by atomic mass is 10.2. The number of hydrogen-bond donors (Lipinski definition) is 1. The van der Waals surface area contributed by atoms with E-state index >= 15 is 0 Å². The highest BCUT2D eigenvalue weighted by Crippen LogP contribution is 2.21. The first kappa shape index (κ1) is 20.0. The molecule has 1 saturated heterocycles. The molecule has 3 rings (SSSR count). The summed E-state index contributed by atoms with van der Waals surface area (Å²) in [5.41, 5.74) is 0.870. The minimum absolute atomic E-state index is 0.0285. The molecule has 28 heavy (non-hydrogen) atoms. The molecule has 0 bridgehead atoms. The van der Waals surface area contributed by atoms with Crippen molar-refractivity contribution >= 4 is 21.6 Å². The fourth-order valence-corrected chi connectivity index (χ4v) is 4.75. The Morgan fingerprint density at radius 1 is 1.04 bits per heavy atom. The summed E-state index contributed by atoms with van der Waals surface area (Å²) in [6.07, 6.45) is 0. The van der Waals surface area contributed by atoms with Gasteiger partial charge in [-0.25, -0.2) is 8.42 Å². The van der Waals surface area contributed by atoms with Gasteiger partial charge in [0.1, 0.15) is 6.07 Å². The monoisotopic (exact) mass is 398 g/mol. The van der Waals surface area contributed by atoms with E-state index in [0.29, 0.717) is 13.1 Å². The Morgan fingerprint density at radius 2 is 1.64 bits per heavy atom. The van der Waals surface area contributed by atoms with Gasteiger partial charge in [-0.1, -0.05) is 30.3 Å². The molecule has 8 heteroatoms. The van der Waals surface area contributed by atoms with Crippen molar-refractivity contribution in [3.63, 3.8) is 0 Å². The van der Waals surface area contributed by atoms with E-state index in [9.17, 15) is 18.5 Å². The molecule has 0 aromatic heterocycles. The second-order valence-corrected chi connectivity index (χ2v) is 8.49. The maximum atomic E-state index is 12.9. The minimum Gasteiger partial charge on any atom is -0.325 e. The van der Waals surface area contributed by atoms with Gasteiger partial charge in [0.15, 0.2) is 0 Å². The number of amides is 1. The lowest BCUT2D eigenvalue weighted by molar-refractivity contribution is -0.121. The zero-order valence-electron chi connectivity index (χ0n) is 15.6. The van der Waals surface area contributed by atoms with Crippen LogP contribution in [0.3, 0.4) is 0 Å². The average molecular weight is 398 g/mol. The molecular formula is C20H22N4O3S. The van der Waals surface area contributed by atoms with Crippen molar-refractivity contribution in [3.05, 3.63) is 60.2 Å². The van der Waals surface area contributed by atoms with Gasteiger partial charge in [-0.05, 0) is 31.2 Å². The van der Waals surface area contributed by atoms with Crippen molar-refractivity contribution in [2.24, 2.45) is 0 Å². The number of sulfonamides is 1. The van der Waals surface area contributed by atoms with Gasteiger partial charge in [0.25, 0.3) is 0 Å². The third-order valence-corrected chi connectivity index (χ3v) is 6.82. The molecule has 2 aromatic carbocycles. The molecule has 1 fully saturated rings. The normalized spacial score (nSPS) is 16.9. The molecule has 0 unspecified atom stereocenters. The number of piperazine rings is 1. The van der Waals surface area contributed by atoms with Crippen LogP contribution < -0.4 is 5.32 Å². The zero-order valence-corrected chi connectivity index (χ0v) is 16.4. The van der Waals surface area contributed by atoms with Crippen LogP contribution in [-0.2, 0) is 14.8 Å². The molecule has 0 aliphatic carbocycles. The molecule has 1 amide bonds. The van der Waals surface area contributed by atoms with Crippen LogP contribution in [0.2, 0.25) is 0 Å². The minimum atomic E-state index is -3.74. The number of anilines is 1. The summed E-state index contributed by atoms with van der Waals surface area (Å²) in [4.78, 5) is 14.5. The fraction of sp³-hybridized carbons (Fsp3) is 0.300. The van der Waals surface area contributed by atoms with Gasteiger partial charge in [-0.3, -0.25) is 9.69 Å². The maximum absolute atomic E-state index is 12.9. The number of rotatable bonds is 5. The van der Waals surface area contributed by atoms with E-state index in [1.54, 1.807) is 12.1 Å². The quantitative estimate of drug-likeness (QED) is 0.830. The first-order chi connectivity index (χ1) is 13.4. The van der Waals surface area contributed by atoms with Gasteiger partial charge >= 0.3 is 0 Å². The lowest BCUT2D eigenvalue weighted by Gasteiger charge is -2.36. The number of carbonyl (C=O) groups is 1. The van der Waals surface area contributed by atoms with E-state index < -0.39 is 10.0 Å². The molecule has 146 valence electrons. The van der Waals surface area contributed by atoms with Gasteiger partial charge in [-0.15, -0.1) is 0 Å². The molecule has 0 spiro atoms. The Bertz CT molecular complexity index is 978. The smallest absolute Gasteiger partial charge is 0.244 e. The summed E-state index contributed by atoms with van der Waals surface area (Å²) in [7, 11) is -3.74. The SMILES string of the molecule is C[C@@H](C(=O)Nc1ccccc1)N1CCN(S(=O)(=O)c2ccccc2C#N)CC1. The Hall–Kier alpha value is -2.73. The van der Waals surface area contributed by atoms with Gasteiger partial charge in [0, 0.05) is 31.9 Å². The van der Waals surface area contributed by atoms with Crippen LogP contribution in [0.1, 0.15) is 12.5 Å². The zero-order chi connectivity index (χ0) is 20.1. The third-order valence-electron chi connectivity index (χ3n) is 4.87. The standard InChI is InChI=1S/C20H22N4O3S/c1-16(20(25)22-18-8-3-2-4-9-18)23-11-13-24(14-12-23)28(26,27)19-10-6-5-7-17(19)15-21/h2-10,16H,11-14H2,1H3,(H,22,25)/t16-/m0/s1. The Balaban J connectivity index is 1.64. The van der Waals surface area contributed by atoms with Crippen LogP contribution in [0, 0.1) is 11.3 Å². The fourth-order valence-electron chi connectivity index (χ4n) is 3.19. The summed E-state index contributed by atoms with van der Waals surface area (Å²) in [6, 6.07) is 17.0. The van der Waals surface area contributed by atoms with E-state index in [-0.39, 0.29) is 35.5 Å². The highest BCUT2D eigenvalue weighted by atomic mass is 32.2. The van der Waals surface area contributed by atoms with E-state index in [0.717, 1.165) is 5.69 Å². The van der Waals surface area contributed by atoms with Gasteiger partial charge in [-0.2, -0.15) is 9.57 Å². The Kier molecular flexibility index (Phi) is 6.09. The topological polar surface area (TPSA) is 93.5 Å². The molecule has 1 atom stereocenters. The highest BCUT2D eigenvalue weighted by Gasteiger charge is 2.32.